The molecule has 0 aromatic heterocycles. The number of fused-ring (bicyclic) bond motifs is 1. The third kappa shape index (κ3) is 7.98. The Bertz CT molecular complexity index is 525. The Morgan fingerprint density at radius 2 is 1.39 bits per heavy atom. The van der Waals surface area contributed by atoms with Crippen molar-refractivity contribution in [3.05, 3.63) is 0 Å². The van der Waals surface area contributed by atoms with E-state index >= 15 is 0 Å². The Morgan fingerprint density at radius 3 is 2.18 bits per heavy atom. The van der Waals surface area contributed by atoms with Crippen molar-refractivity contribution in [1.29, 1.82) is 0 Å². The number of hydrogen-bond acceptors (Lipinski definition) is 1. The van der Waals surface area contributed by atoms with Crippen LogP contribution in [-0.2, 0) is 0 Å². The average Bonchev–Trinajstić information content (AvgIpc) is 3.13. The first kappa shape index (κ1) is 27.5. The van der Waals surface area contributed by atoms with E-state index in [1.54, 1.807) is 19.3 Å². The lowest BCUT2D eigenvalue weighted by molar-refractivity contribution is 0.0335. The fourth-order valence-corrected chi connectivity index (χ4v) is 8.59. The summed E-state index contributed by atoms with van der Waals surface area (Å²) in [5.41, 5.74) is 1.29. The van der Waals surface area contributed by atoms with Crippen molar-refractivity contribution >= 4 is 0 Å². The topological polar surface area (TPSA) is 12.0 Å². The van der Waals surface area contributed by atoms with Crippen LogP contribution >= 0.6 is 0 Å². The maximum Gasteiger partial charge on any atom is -0.00489 e. The second kappa shape index (κ2) is 13.9. The Balaban J connectivity index is 1.32. The molecule has 1 nitrogen and oxygen atoms in total. The quantitative estimate of drug-likeness (QED) is 0.240. The van der Waals surface area contributed by atoms with Gasteiger partial charge in [0, 0.05) is 0 Å². The lowest BCUT2D eigenvalue weighted by Crippen LogP contribution is -2.37. The molecular weight excluding hydrogens is 398 g/mol. The van der Waals surface area contributed by atoms with Gasteiger partial charge in [-0.05, 0) is 112 Å². The van der Waals surface area contributed by atoms with E-state index < -0.39 is 0 Å². The van der Waals surface area contributed by atoms with Gasteiger partial charge in [-0.2, -0.15) is 0 Å². The molecule has 3 unspecified atom stereocenters. The van der Waals surface area contributed by atoms with Crippen LogP contribution in [0.1, 0.15) is 156 Å². The predicted molar refractivity (Wildman–Crippen MR) is 147 cm³/mol. The van der Waals surface area contributed by atoms with Gasteiger partial charge in [-0.3, -0.25) is 0 Å². The lowest BCUT2D eigenvalue weighted by atomic mass is 9.59. The van der Waals surface area contributed by atoms with Gasteiger partial charge in [-0.15, -0.1) is 0 Å². The molecule has 0 bridgehead atoms. The Kier molecular flexibility index (Phi) is 11.6. The van der Waals surface area contributed by atoms with E-state index in [1.807, 2.05) is 0 Å². The van der Waals surface area contributed by atoms with E-state index in [2.05, 4.69) is 33.0 Å². The van der Waals surface area contributed by atoms with Crippen LogP contribution in [0.15, 0.2) is 0 Å². The number of hydrogen-bond donors (Lipinski definition) is 1. The largest absolute Gasteiger partial charge is 0.317 e. The zero-order chi connectivity index (χ0) is 23.6. The van der Waals surface area contributed by atoms with E-state index in [1.165, 1.54) is 122 Å². The van der Waals surface area contributed by atoms with Crippen molar-refractivity contribution in [2.75, 3.05) is 13.1 Å². The fourth-order valence-electron chi connectivity index (χ4n) is 8.59. The van der Waals surface area contributed by atoms with Crippen LogP contribution in [0.25, 0.3) is 0 Å². The van der Waals surface area contributed by atoms with E-state index in [9.17, 15) is 0 Å². The Morgan fingerprint density at radius 1 is 0.636 bits per heavy atom. The molecule has 0 radical (unpaired) electrons. The minimum atomic E-state index is 0.609. The second-order valence-electron chi connectivity index (χ2n) is 13.6. The second-order valence-corrected chi connectivity index (χ2v) is 13.6. The summed E-state index contributed by atoms with van der Waals surface area (Å²) in [6, 6.07) is 0. The van der Waals surface area contributed by atoms with Gasteiger partial charge < -0.3 is 5.32 Å². The fraction of sp³-hybridized carbons (Fsp3) is 1.00. The molecule has 194 valence electrons. The maximum absolute atomic E-state index is 3.73. The number of unbranched alkanes of at least 4 members (excludes halogenated alkanes) is 6. The van der Waals surface area contributed by atoms with Crippen LogP contribution in [0.2, 0.25) is 0 Å². The summed E-state index contributed by atoms with van der Waals surface area (Å²) in [6.07, 6.45) is 29.5. The number of rotatable bonds is 15. The third-order valence-electron chi connectivity index (χ3n) is 10.9. The molecular formula is C32H61N. The highest BCUT2D eigenvalue weighted by Crippen LogP contribution is 2.60. The molecule has 33 heavy (non-hydrogen) atoms. The van der Waals surface area contributed by atoms with Crippen molar-refractivity contribution in [3.8, 4) is 0 Å². The molecule has 0 spiro atoms. The monoisotopic (exact) mass is 459 g/mol. The van der Waals surface area contributed by atoms with Gasteiger partial charge in [0.25, 0.3) is 0 Å². The van der Waals surface area contributed by atoms with E-state index in [-0.39, 0.29) is 0 Å². The summed E-state index contributed by atoms with van der Waals surface area (Å²) in [7, 11) is 0. The van der Waals surface area contributed by atoms with E-state index in [0.29, 0.717) is 10.8 Å². The molecule has 0 aliphatic heterocycles. The predicted octanol–water partition coefficient (Wildman–Crippen LogP) is 9.94. The molecule has 3 fully saturated rings. The van der Waals surface area contributed by atoms with Crippen LogP contribution in [0.4, 0.5) is 0 Å². The van der Waals surface area contributed by atoms with Crippen molar-refractivity contribution in [3.63, 3.8) is 0 Å². The first-order valence-corrected chi connectivity index (χ1v) is 15.7. The standard InChI is InChI=1S/C32H61N/c1-5-6-7-8-9-13-25-33-26-14-11-18-29-21-22-30-27(16-15-24-32(29,30)4)19-20-28-17-10-12-23-31(28,2)3/h27-30,33H,5-26H2,1-4H3/t27?,28?,29-,30?,32+/m0/s1. The summed E-state index contributed by atoms with van der Waals surface area (Å²) < 4.78 is 0. The zero-order valence-electron chi connectivity index (χ0n) is 23.4. The van der Waals surface area contributed by atoms with Crippen LogP contribution in [0.5, 0.6) is 0 Å². The molecule has 3 aliphatic rings. The molecule has 3 rings (SSSR count). The van der Waals surface area contributed by atoms with Crippen molar-refractivity contribution in [1.82, 2.24) is 5.32 Å². The van der Waals surface area contributed by atoms with E-state index in [0.717, 1.165) is 23.7 Å². The molecule has 3 saturated carbocycles. The normalized spacial score (nSPS) is 33.8. The zero-order valence-corrected chi connectivity index (χ0v) is 23.4. The summed E-state index contributed by atoms with van der Waals surface area (Å²) in [5.74, 6) is 4.12. The van der Waals surface area contributed by atoms with Crippen LogP contribution in [0.3, 0.4) is 0 Å². The minimum Gasteiger partial charge on any atom is -0.317 e. The van der Waals surface area contributed by atoms with Gasteiger partial charge in [-0.25, -0.2) is 0 Å². The highest BCUT2D eigenvalue weighted by atomic mass is 14.8. The SMILES string of the molecule is CCCCCCCCNCCCC[C@H]1CCC2C(CCC3CCCCC3(C)C)CCC[C@@]21C. The summed E-state index contributed by atoms with van der Waals surface area (Å²) in [6.45, 7) is 12.7. The smallest absolute Gasteiger partial charge is 0.00489 e. The van der Waals surface area contributed by atoms with Crippen molar-refractivity contribution in [2.45, 2.75) is 156 Å². The lowest BCUT2D eigenvalue weighted by Gasteiger charge is -2.46. The van der Waals surface area contributed by atoms with E-state index in [4.69, 9.17) is 0 Å². The van der Waals surface area contributed by atoms with Crippen LogP contribution in [0, 0.1) is 34.5 Å². The molecule has 0 amide bonds. The molecule has 0 saturated heterocycles. The highest BCUT2D eigenvalue weighted by Gasteiger charge is 2.50. The average molecular weight is 460 g/mol. The maximum atomic E-state index is 3.73. The highest BCUT2D eigenvalue weighted by molar-refractivity contribution is 5.00. The van der Waals surface area contributed by atoms with Gasteiger partial charge in [0.1, 0.15) is 0 Å². The molecule has 5 atom stereocenters. The van der Waals surface area contributed by atoms with Gasteiger partial charge >= 0.3 is 0 Å². The van der Waals surface area contributed by atoms with Gasteiger partial charge in [-0.1, -0.05) is 91.9 Å². The minimum absolute atomic E-state index is 0.609. The summed E-state index contributed by atoms with van der Waals surface area (Å²) in [4.78, 5) is 0. The number of nitrogens with one attached hydrogen (secondary N) is 1. The van der Waals surface area contributed by atoms with Crippen molar-refractivity contribution < 1.29 is 0 Å². The van der Waals surface area contributed by atoms with Crippen molar-refractivity contribution in [2.24, 2.45) is 34.5 Å². The molecule has 3 aliphatic carbocycles. The van der Waals surface area contributed by atoms with Gasteiger partial charge in [0.2, 0.25) is 0 Å². The molecule has 0 aromatic rings. The molecule has 1 N–H and O–H groups in total. The summed E-state index contributed by atoms with van der Waals surface area (Å²) in [5, 5.41) is 3.73. The first-order valence-electron chi connectivity index (χ1n) is 15.7. The Hall–Kier alpha value is -0.0400. The third-order valence-corrected chi connectivity index (χ3v) is 10.9. The van der Waals surface area contributed by atoms with Gasteiger partial charge in [0.15, 0.2) is 0 Å². The Labute approximate surface area is 209 Å². The first-order chi connectivity index (χ1) is 16.0. The molecule has 0 heterocycles. The van der Waals surface area contributed by atoms with Crippen LogP contribution in [-0.4, -0.2) is 13.1 Å². The molecule has 0 aromatic carbocycles. The summed E-state index contributed by atoms with van der Waals surface area (Å²) >= 11 is 0. The van der Waals surface area contributed by atoms with Crippen LogP contribution < -0.4 is 5.32 Å². The molecule has 1 heteroatoms. The van der Waals surface area contributed by atoms with Gasteiger partial charge in [0.05, 0.1) is 0 Å².